The van der Waals surface area contributed by atoms with Crippen molar-refractivity contribution in [1.29, 1.82) is 0 Å². The molecule has 0 aromatic heterocycles. The van der Waals surface area contributed by atoms with Gasteiger partial charge < -0.3 is 20.1 Å². The highest BCUT2D eigenvalue weighted by Gasteiger charge is 2.40. The summed E-state index contributed by atoms with van der Waals surface area (Å²) in [7, 11) is 0. The third-order valence-corrected chi connectivity index (χ3v) is 5.07. The zero-order valence-corrected chi connectivity index (χ0v) is 17.5. The first kappa shape index (κ1) is 22.9. The minimum Gasteiger partial charge on any atom is -0.486 e. The third-order valence-electron chi connectivity index (χ3n) is 5.07. The van der Waals surface area contributed by atoms with E-state index in [-0.39, 0.29) is 31.9 Å². The maximum Gasteiger partial charge on any atom is 0.322 e. The summed E-state index contributed by atoms with van der Waals surface area (Å²) in [4.78, 5) is 48.7. The number of halogens is 1. The number of carboxylic acids is 1. The molecule has 168 valence electrons. The Balaban J connectivity index is 1.63. The van der Waals surface area contributed by atoms with Gasteiger partial charge in [0.2, 0.25) is 11.8 Å². The van der Waals surface area contributed by atoms with Gasteiger partial charge in [-0.15, -0.1) is 0 Å². The molecule has 1 aliphatic heterocycles. The fraction of sp³-hybridized carbons (Fsp3) is 0.304. The molecule has 1 unspecified atom stereocenters. The monoisotopic (exact) mass is 442 g/mol. The van der Waals surface area contributed by atoms with E-state index in [2.05, 4.69) is 5.32 Å². The molecule has 2 aromatic rings. The number of carboxylic acid groups (broad SMARTS) is 1. The summed E-state index contributed by atoms with van der Waals surface area (Å²) in [5.41, 5.74) is 2.48. The van der Waals surface area contributed by atoms with Crippen molar-refractivity contribution in [3.63, 3.8) is 0 Å². The van der Waals surface area contributed by atoms with E-state index in [1.807, 2.05) is 31.2 Å². The zero-order valence-electron chi connectivity index (χ0n) is 17.5. The first-order valence-electron chi connectivity index (χ1n) is 10.0. The van der Waals surface area contributed by atoms with E-state index in [4.69, 9.17) is 9.84 Å². The van der Waals surface area contributed by atoms with Gasteiger partial charge in [0.1, 0.15) is 13.2 Å². The standard InChI is InChI=1S/C23H23FN2O6/c1-14-2-4-15(5-3-14)13-32-19-7-6-16(10-17(19)24)12-26-9-8-18(27)21(23(26)31)22(30)25-11-20(28)29/h2-7,10,21H,8-9,11-13H2,1H3,(H,25,30)(H,28,29). The van der Waals surface area contributed by atoms with Gasteiger partial charge in [-0.05, 0) is 30.2 Å². The second kappa shape index (κ2) is 10.0. The average molecular weight is 442 g/mol. The number of aryl methyl sites for hydroxylation is 1. The number of nitrogens with zero attached hydrogens (tertiary/aromatic N) is 1. The summed E-state index contributed by atoms with van der Waals surface area (Å²) < 4.78 is 20.0. The van der Waals surface area contributed by atoms with E-state index in [9.17, 15) is 23.6 Å². The quantitative estimate of drug-likeness (QED) is 0.603. The van der Waals surface area contributed by atoms with Gasteiger partial charge in [-0.25, -0.2) is 4.39 Å². The molecule has 1 aliphatic rings. The van der Waals surface area contributed by atoms with E-state index in [0.29, 0.717) is 5.56 Å². The summed E-state index contributed by atoms with van der Waals surface area (Å²) in [6, 6.07) is 12.0. The molecule has 32 heavy (non-hydrogen) atoms. The number of hydrogen-bond donors (Lipinski definition) is 2. The van der Waals surface area contributed by atoms with Crippen LogP contribution >= 0.6 is 0 Å². The maximum absolute atomic E-state index is 14.5. The summed E-state index contributed by atoms with van der Waals surface area (Å²) in [5, 5.41) is 10.7. The van der Waals surface area contributed by atoms with Gasteiger partial charge in [0.05, 0.1) is 0 Å². The van der Waals surface area contributed by atoms with Crippen LogP contribution in [0.1, 0.15) is 23.1 Å². The van der Waals surface area contributed by atoms with Crippen molar-refractivity contribution in [1.82, 2.24) is 10.2 Å². The Kier molecular flexibility index (Phi) is 7.19. The number of hydrogen-bond acceptors (Lipinski definition) is 5. The van der Waals surface area contributed by atoms with E-state index in [1.54, 1.807) is 6.07 Å². The van der Waals surface area contributed by atoms with Crippen LogP contribution < -0.4 is 10.1 Å². The molecule has 1 atom stereocenters. The Morgan fingerprint density at radius 1 is 1.16 bits per heavy atom. The SMILES string of the molecule is Cc1ccc(COc2ccc(CN3CCC(=O)C(C(=O)NCC(=O)O)C3=O)cc2F)cc1. The van der Waals surface area contributed by atoms with Crippen molar-refractivity contribution in [2.45, 2.75) is 26.5 Å². The van der Waals surface area contributed by atoms with Crippen LogP contribution in [0.15, 0.2) is 42.5 Å². The van der Waals surface area contributed by atoms with E-state index in [1.165, 1.54) is 17.0 Å². The molecule has 0 aliphatic carbocycles. The van der Waals surface area contributed by atoms with Crippen molar-refractivity contribution >= 4 is 23.6 Å². The molecule has 1 fully saturated rings. The third kappa shape index (κ3) is 5.69. The zero-order chi connectivity index (χ0) is 23.3. The van der Waals surface area contributed by atoms with Crippen LogP contribution in [0.2, 0.25) is 0 Å². The Labute approximate surface area is 184 Å². The van der Waals surface area contributed by atoms with Crippen molar-refractivity contribution in [3.8, 4) is 5.75 Å². The minimum absolute atomic E-state index is 0.00395. The minimum atomic E-state index is -1.59. The lowest BCUT2D eigenvalue weighted by Gasteiger charge is -2.30. The predicted octanol–water partition coefficient (Wildman–Crippen LogP) is 1.83. The van der Waals surface area contributed by atoms with Crippen molar-refractivity contribution in [2.24, 2.45) is 5.92 Å². The Morgan fingerprint density at radius 2 is 1.84 bits per heavy atom. The smallest absolute Gasteiger partial charge is 0.322 e. The summed E-state index contributed by atoms with van der Waals surface area (Å²) in [6.07, 6.45) is -0.0445. The molecule has 0 saturated carbocycles. The Hall–Kier alpha value is -3.75. The van der Waals surface area contributed by atoms with Crippen LogP contribution in [0, 0.1) is 18.7 Å². The highest BCUT2D eigenvalue weighted by atomic mass is 19.1. The topological polar surface area (TPSA) is 113 Å². The molecule has 2 amide bonds. The van der Waals surface area contributed by atoms with Crippen molar-refractivity contribution in [2.75, 3.05) is 13.1 Å². The number of piperidine rings is 1. The van der Waals surface area contributed by atoms with Crippen LogP contribution in [0.25, 0.3) is 0 Å². The number of rotatable bonds is 8. The molecule has 0 radical (unpaired) electrons. The number of benzene rings is 2. The van der Waals surface area contributed by atoms with Gasteiger partial charge >= 0.3 is 5.97 Å². The van der Waals surface area contributed by atoms with E-state index in [0.717, 1.165) is 11.1 Å². The molecule has 0 bridgehead atoms. The van der Waals surface area contributed by atoms with Gasteiger partial charge in [0, 0.05) is 19.5 Å². The number of Topliss-reactive ketones (excluding diaryl/α,β-unsaturated/α-hetero) is 1. The summed E-state index contributed by atoms with van der Waals surface area (Å²) in [6.45, 7) is 1.58. The fourth-order valence-electron chi connectivity index (χ4n) is 3.33. The highest BCUT2D eigenvalue weighted by Crippen LogP contribution is 2.23. The average Bonchev–Trinajstić information content (AvgIpc) is 2.75. The summed E-state index contributed by atoms with van der Waals surface area (Å²) >= 11 is 0. The van der Waals surface area contributed by atoms with Gasteiger partial charge in [0.15, 0.2) is 23.3 Å². The number of ether oxygens (including phenoxy) is 1. The second-order valence-electron chi connectivity index (χ2n) is 7.56. The second-order valence-corrected chi connectivity index (χ2v) is 7.56. The lowest BCUT2D eigenvalue weighted by molar-refractivity contribution is -0.152. The molecular weight excluding hydrogens is 419 g/mol. The first-order chi connectivity index (χ1) is 15.2. The van der Waals surface area contributed by atoms with Crippen LogP contribution in [0.5, 0.6) is 5.75 Å². The number of carbonyl (C=O) groups is 4. The van der Waals surface area contributed by atoms with Crippen LogP contribution in [0.3, 0.4) is 0 Å². The predicted molar refractivity (Wildman–Crippen MR) is 111 cm³/mol. The normalized spacial score (nSPS) is 16.1. The van der Waals surface area contributed by atoms with Crippen molar-refractivity contribution in [3.05, 3.63) is 65.0 Å². The number of carbonyl (C=O) groups excluding carboxylic acids is 3. The lowest BCUT2D eigenvalue weighted by Crippen LogP contribution is -2.52. The van der Waals surface area contributed by atoms with E-state index < -0.39 is 41.8 Å². The van der Waals surface area contributed by atoms with Crippen LogP contribution in [0.4, 0.5) is 4.39 Å². The maximum atomic E-state index is 14.5. The lowest BCUT2D eigenvalue weighted by atomic mass is 9.94. The number of nitrogens with one attached hydrogen (secondary N) is 1. The first-order valence-corrected chi connectivity index (χ1v) is 10.0. The highest BCUT2D eigenvalue weighted by molar-refractivity contribution is 6.19. The Morgan fingerprint density at radius 3 is 2.50 bits per heavy atom. The fourth-order valence-corrected chi connectivity index (χ4v) is 3.33. The molecular formula is C23H23FN2O6. The summed E-state index contributed by atoms with van der Waals surface area (Å²) in [5.74, 6) is -5.65. The number of amides is 2. The largest absolute Gasteiger partial charge is 0.486 e. The van der Waals surface area contributed by atoms with E-state index >= 15 is 0 Å². The van der Waals surface area contributed by atoms with Gasteiger partial charge in [0.25, 0.3) is 0 Å². The molecule has 8 nitrogen and oxygen atoms in total. The van der Waals surface area contributed by atoms with Crippen LogP contribution in [-0.2, 0) is 32.3 Å². The van der Waals surface area contributed by atoms with Gasteiger partial charge in [-0.2, -0.15) is 0 Å². The Bertz CT molecular complexity index is 1040. The van der Waals surface area contributed by atoms with Gasteiger partial charge in [-0.1, -0.05) is 35.9 Å². The van der Waals surface area contributed by atoms with Crippen LogP contribution in [-0.4, -0.2) is 46.7 Å². The molecule has 9 heteroatoms. The number of aliphatic carboxylic acids is 1. The molecule has 2 N–H and O–H groups in total. The van der Waals surface area contributed by atoms with Gasteiger partial charge in [-0.3, -0.25) is 19.2 Å². The molecule has 1 heterocycles. The molecule has 0 spiro atoms. The molecule has 2 aromatic carbocycles. The molecule has 3 rings (SSSR count). The number of likely N-dealkylation sites (tertiary alicyclic amines) is 1. The number of ketones is 1. The molecule has 1 saturated heterocycles. The van der Waals surface area contributed by atoms with Crippen molar-refractivity contribution < 1.29 is 33.4 Å².